The smallest absolute Gasteiger partial charge is 0.475 e. The molecule has 1 saturated heterocycles. The predicted molar refractivity (Wildman–Crippen MR) is 146 cm³/mol. The number of carboxylic acids is 2. The number of hydrogen-bond acceptors (Lipinski definition) is 7. The third kappa shape index (κ3) is 8.76. The van der Waals surface area contributed by atoms with E-state index in [1.165, 1.54) is 4.31 Å². The molecule has 0 amide bonds. The fraction of sp³-hybridized carbons (Fsp3) is 0.259. The maximum Gasteiger partial charge on any atom is 0.490 e. The number of aliphatic carboxylic acids is 2. The lowest BCUT2D eigenvalue weighted by Crippen LogP contribution is -2.35. The highest BCUT2D eigenvalue weighted by atomic mass is 32.2. The number of rotatable bonds is 4. The molecule has 0 aromatic heterocycles. The molecule has 2 heterocycles. The summed E-state index contributed by atoms with van der Waals surface area (Å²) in [4.78, 5) is 18.0. The molecule has 10 nitrogen and oxygen atoms in total. The van der Waals surface area contributed by atoms with E-state index in [0.29, 0.717) is 28.9 Å². The van der Waals surface area contributed by atoms with Gasteiger partial charge in [-0.15, -0.1) is 0 Å². The largest absolute Gasteiger partial charge is 0.490 e. The highest BCUT2D eigenvalue weighted by molar-refractivity contribution is 7.93. The van der Waals surface area contributed by atoms with Gasteiger partial charge < -0.3 is 25.6 Å². The SMILES string of the molecule is O=C(O)C(F)(F)F.O=C(O)C(F)(F)F.O=S(=O)(c1ccc(NC2CCNCC2)cc1)N1c2ccccc2Oc2ccccc21. The van der Waals surface area contributed by atoms with Gasteiger partial charge in [-0.1, -0.05) is 24.3 Å². The molecule has 3 aromatic rings. The minimum Gasteiger partial charge on any atom is -0.475 e. The maximum atomic E-state index is 13.7. The highest BCUT2D eigenvalue weighted by Crippen LogP contribution is 2.48. The van der Waals surface area contributed by atoms with Crippen molar-refractivity contribution in [1.82, 2.24) is 5.32 Å². The molecule has 238 valence electrons. The Hall–Kier alpha value is -4.51. The summed E-state index contributed by atoms with van der Waals surface area (Å²) in [7, 11) is -3.82. The highest BCUT2D eigenvalue weighted by Gasteiger charge is 2.39. The van der Waals surface area contributed by atoms with Crippen molar-refractivity contribution in [3.05, 3.63) is 72.8 Å². The van der Waals surface area contributed by atoms with Gasteiger partial charge in [0.05, 0.1) is 4.90 Å². The third-order valence-corrected chi connectivity index (χ3v) is 7.72. The maximum absolute atomic E-state index is 13.7. The summed E-state index contributed by atoms with van der Waals surface area (Å²) in [5, 5.41) is 21.1. The number of carboxylic acid groups (broad SMARTS) is 2. The third-order valence-electron chi connectivity index (χ3n) is 5.98. The lowest BCUT2D eigenvalue weighted by Gasteiger charge is -2.31. The molecule has 44 heavy (non-hydrogen) atoms. The zero-order valence-corrected chi connectivity index (χ0v) is 23.2. The Labute approximate surface area is 246 Å². The molecule has 1 fully saturated rings. The molecule has 2 aliphatic heterocycles. The number of halogens is 6. The molecule has 0 radical (unpaired) electrons. The van der Waals surface area contributed by atoms with Crippen molar-refractivity contribution in [1.29, 1.82) is 0 Å². The minimum atomic E-state index is -5.08. The Morgan fingerprint density at radius 1 is 0.773 bits per heavy atom. The number of anilines is 3. The van der Waals surface area contributed by atoms with Crippen LogP contribution in [0.15, 0.2) is 77.7 Å². The second-order valence-corrected chi connectivity index (χ2v) is 10.9. The summed E-state index contributed by atoms with van der Waals surface area (Å²) in [6, 6.07) is 21.8. The Balaban J connectivity index is 0.000000317. The molecule has 2 aliphatic rings. The zero-order valence-electron chi connectivity index (χ0n) is 22.4. The monoisotopic (exact) mass is 649 g/mol. The summed E-state index contributed by atoms with van der Waals surface area (Å²) < 4.78 is 98.1. The molecule has 0 atom stereocenters. The van der Waals surface area contributed by atoms with Crippen LogP contribution in [-0.4, -0.2) is 62.1 Å². The standard InChI is InChI=1S/C23H23N3O3S.2C2HF3O2/c27-30(28,19-11-9-17(10-12-19)25-18-13-15-24-16-14-18)26-20-5-1-3-7-22(20)29-23-8-4-2-6-21(23)26;2*3-2(4,5)1(6)7/h1-12,18,24-25H,13-16H2;2*(H,6,7). The van der Waals surface area contributed by atoms with E-state index in [-0.39, 0.29) is 4.90 Å². The number of carbonyl (C=O) groups is 2. The molecular formula is C27H25F6N3O7S. The van der Waals surface area contributed by atoms with Crippen molar-refractivity contribution in [2.24, 2.45) is 0 Å². The average Bonchev–Trinajstić information content (AvgIpc) is 2.96. The van der Waals surface area contributed by atoms with Crippen LogP contribution in [0.4, 0.5) is 43.4 Å². The zero-order chi connectivity index (χ0) is 32.7. The van der Waals surface area contributed by atoms with Gasteiger partial charge in [-0.25, -0.2) is 22.3 Å². The number of piperidine rings is 1. The van der Waals surface area contributed by atoms with Crippen LogP contribution in [0.1, 0.15) is 12.8 Å². The molecule has 3 aromatic carbocycles. The normalized spacial score (nSPS) is 14.7. The molecule has 4 N–H and O–H groups in total. The summed E-state index contributed by atoms with van der Waals surface area (Å²) in [6.45, 7) is 2.00. The van der Waals surface area contributed by atoms with Crippen molar-refractivity contribution in [2.45, 2.75) is 36.1 Å². The van der Waals surface area contributed by atoms with Crippen LogP contribution in [-0.2, 0) is 19.6 Å². The van der Waals surface area contributed by atoms with Crippen LogP contribution in [0.25, 0.3) is 0 Å². The van der Waals surface area contributed by atoms with Gasteiger partial charge in [0.25, 0.3) is 10.0 Å². The van der Waals surface area contributed by atoms with Gasteiger partial charge >= 0.3 is 24.3 Å². The van der Waals surface area contributed by atoms with Gasteiger partial charge in [-0.3, -0.25) is 0 Å². The van der Waals surface area contributed by atoms with Gasteiger partial charge in [-0.2, -0.15) is 26.3 Å². The molecule has 0 bridgehead atoms. The summed E-state index contributed by atoms with van der Waals surface area (Å²) in [5.41, 5.74) is 1.95. The lowest BCUT2D eigenvalue weighted by atomic mass is 10.1. The van der Waals surface area contributed by atoms with E-state index in [4.69, 9.17) is 24.5 Å². The molecule has 17 heteroatoms. The Morgan fingerprint density at radius 2 is 1.18 bits per heavy atom. The number of para-hydroxylation sites is 4. The summed E-state index contributed by atoms with van der Waals surface area (Å²) in [6.07, 6.45) is -8.05. The molecule has 0 unspecified atom stereocenters. The topological polar surface area (TPSA) is 145 Å². The second-order valence-electron chi connectivity index (χ2n) is 9.11. The summed E-state index contributed by atoms with van der Waals surface area (Å²) in [5.74, 6) is -4.48. The molecule has 5 rings (SSSR count). The first kappa shape index (κ1) is 34.0. The molecule has 0 spiro atoms. The fourth-order valence-corrected chi connectivity index (χ4v) is 5.47. The van der Waals surface area contributed by atoms with E-state index in [9.17, 15) is 34.8 Å². The van der Waals surface area contributed by atoms with Crippen molar-refractivity contribution in [3.8, 4) is 11.5 Å². The number of fused-ring (bicyclic) bond motifs is 2. The summed E-state index contributed by atoms with van der Waals surface area (Å²) >= 11 is 0. The van der Waals surface area contributed by atoms with E-state index >= 15 is 0 Å². The number of sulfonamides is 1. The van der Waals surface area contributed by atoms with E-state index in [0.717, 1.165) is 31.6 Å². The van der Waals surface area contributed by atoms with Crippen LogP contribution < -0.4 is 19.7 Å². The van der Waals surface area contributed by atoms with Gasteiger partial charge in [-0.05, 0) is 74.5 Å². The minimum absolute atomic E-state index is 0.241. The van der Waals surface area contributed by atoms with Crippen LogP contribution in [0.2, 0.25) is 0 Å². The van der Waals surface area contributed by atoms with Gasteiger partial charge in [0.2, 0.25) is 0 Å². The molecule has 0 saturated carbocycles. The first-order valence-corrected chi connectivity index (χ1v) is 14.0. The number of alkyl halides is 6. The van der Waals surface area contributed by atoms with E-state index in [1.54, 1.807) is 36.4 Å². The number of ether oxygens (including phenoxy) is 1. The Kier molecular flexibility index (Phi) is 10.7. The Morgan fingerprint density at radius 3 is 1.59 bits per heavy atom. The predicted octanol–water partition coefficient (Wildman–Crippen LogP) is 5.75. The van der Waals surface area contributed by atoms with Gasteiger partial charge in [0.1, 0.15) is 11.4 Å². The Bertz CT molecular complexity index is 1490. The number of nitrogens with zero attached hydrogens (tertiary/aromatic N) is 1. The molecule has 0 aliphatic carbocycles. The van der Waals surface area contributed by atoms with Crippen LogP contribution in [0, 0.1) is 0 Å². The van der Waals surface area contributed by atoms with E-state index in [2.05, 4.69) is 10.6 Å². The molecular weight excluding hydrogens is 624 g/mol. The number of benzene rings is 3. The number of nitrogens with one attached hydrogen (secondary N) is 2. The van der Waals surface area contributed by atoms with Crippen molar-refractivity contribution < 1.29 is 59.3 Å². The van der Waals surface area contributed by atoms with Gasteiger partial charge in [0, 0.05) is 11.7 Å². The van der Waals surface area contributed by atoms with E-state index in [1.807, 2.05) is 36.4 Å². The fourth-order valence-electron chi connectivity index (χ4n) is 3.96. The van der Waals surface area contributed by atoms with Crippen LogP contribution in [0.3, 0.4) is 0 Å². The van der Waals surface area contributed by atoms with Crippen LogP contribution in [0.5, 0.6) is 11.5 Å². The average molecular weight is 650 g/mol. The van der Waals surface area contributed by atoms with E-state index < -0.39 is 34.3 Å². The lowest BCUT2D eigenvalue weighted by molar-refractivity contribution is -0.193. The first-order valence-electron chi connectivity index (χ1n) is 12.6. The van der Waals surface area contributed by atoms with Crippen molar-refractivity contribution in [2.75, 3.05) is 22.7 Å². The second kappa shape index (κ2) is 13.9. The van der Waals surface area contributed by atoms with Crippen LogP contribution >= 0.6 is 0 Å². The van der Waals surface area contributed by atoms with Crippen molar-refractivity contribution in [3.63, 3.8) is 0 Å². The quantitative estimate of drug-likeness (QED) is 0.260. The van der Waals surface area contributed by atoms with Gasteiger partial charge in [0.15, 0.2) is 11.5 Å². The first-order chi connectivity index (χ1) is 20.5. The number of hydrogen-bond donors (Lipinski definition) is 4. The van der Waals surface area contributed by atoms with Crippen molar-refractivity contribution >= 4 is 39.0 Å².